The first-order valence-corrected chi connectivity index (χ1v) is 6.54. The van der Waals surface area contributed by atoms with Gasteiger partial charge in [0.15, 0.2) is 0 Å². The molecular weight excluding hydrogens is 254 g/mol. The van der Waals surface area contributed by atoms with Crippen molar-refractivity contribution in [3.05, 3.63) is 12.4 Å². The minimum Gasteiger partial charge on any atom is -0.341 e. The van der Waals surface area contributed by atoms with E-state index in [9.17, 15) is 0 Å². The Morgan fingerprint density at radius 2 is 2.40 bits per heavy atom. The second kappa shape index (κ2) is 4.56. The summed E-state index contributed by atoms with van der Waals surface area (Å²) in [6.45, 7) is 7.65. The molecule has 3 nitrogen and oxygen atoms in total. The molecular formula is C11H18BrN3. The number of rotatable bonds is 2. The van der Waals surface area contributed by atoms with Crippen LogP contribution in [0, 0.1) is 5.92 Å². The smallest absolute Gasteiger partial charge is 0.205 e. The standard InChI is InChI=1S/C11H18BrN3/c1-3-14-7-5-13-11(14)15-6-4-9(2)10(12)8-15/h5,7,9-10H,3-4,6,8H2,1-2H3. The van der Waals surface area contributed by atoms with Crippen molar-refractivity contribution in [3.8, 4) is 0 Å². The molecule has 4 heteroatoms. The van der Waals surface area contributed by atoms with Gasteiger partial charge in [-0.1, -0.05) is 22.9 Å². The molecule has 0 aliphatic carbocycles. The SMILES string of the molecule is CCn1ccnc1N1CCC(C)C(Br)C1. The molecule has 1 fully saturated rings. The van der Waals surface area contributed by atoms with E-state index in [2.05, 4.69) is 50.4 Å². The molecule has 1 aromatic rings. The lowest BCUT2D eigenvalue weighted by molar-refractivity contribution is 0.448. The van der Waals surface area contributed by atoms with E-state index in [1.807, 2.05) is 6.20 Å². The zero-order chi connectivity index (χ0) is 10.8. The number of hydrogen-bond acceptors (Lipinski definition) is 2. The van der Waals surface area contributed by atoms with Gasteiger partial charge in [0.25, 0.3) is 0 Å². The summed E-state index contributed by atoms with van der Waals surface area (Å²) in [7, 11) is 0. The number of hydrogen-bond donors (Lipinski definition) is 0. The maximum atomic E-state index is 4.44. The third-order valence-corrected chi connectivity index (χ3v) is 4.38. The van der Waals surface area contributed by atoms with Crippen molar-refractivity contribution in [1.29, 1.82) is 0 Å². The number of alkyl halides is 1. The van der Waals surface area contributed by atoms with Crippen molar-refractivity contribution >= 4 is 21.9 Å². The third kappa shape index (κ3) is 2.19. The van der Waals surface area contributed by atoms with Crippen molar-refractivity contribution in [2.75, 3.05) is 18.0 Å². The zero-order valence-electron chi connectivity index (χ0n) is 9.36. The molecule has 0 aromatic carbocycles. The van der Waals surface area contributed by atoms with Gasteiger partial charge in [0.2, 0.25) is 5.95 Å². The van der Waals surface area contributed by atoms with Gasteiger partial charge >= 0.3 is 0 Å². The van der Waals surface area contributed by atoms with Crippen molar-refractivity contribution in [1.82, 2.24) is 9.55 Å². The minimum atomic E-state index is 0.591. The van der Waals surface area contributed by atoms with Gasteiger partial charge in [-0.3, -0.25) is 0 Å². The number of anilines is 1. The van der Waals surface area contributed by atoms with Crippen LogP contribution in [-0.2, 0) is 6.54 Å². The predicted octanol–water partition coefficient (Wildman–Crippen LogP) is 2.51. The summed E-state index contributed by atoms with van der Waals surface area (Å²) in [5.41, 5.74) is 0. The second-order valence-corrected chi connectivity index (χ2v) is 5.42. The summed E-state index contributed by atoms with van der Waals surface area (Å²) in [6, 6.07) is 0. The Hall–Kier alpha value is -0.510. The Labute approximate surface area is 99.6 Å². The summed E-state index contributed by atoms with van der Waals surface area (Å²) < 4.78 is 2.20. The van der Waals surface area contributed by atoms with Crippen molar-refractivity contribution in [3.63, 3.8) is 0 Å². The van der Waals surface area contributed by atoms with Crippen LogP contribution in [0.5, 0.6) is 0 Å². The predicted molar refractivity (Wildman–Crippen MR) is 66.6 cm³/mol. The third-order valence-electron chi connectivity index (χ3n) is 3.18. The molecule has 0 spiro atoms. The monoisotopic (exact) mass is 271 g/mol. The zero-order valence-corrected chi connectivity index (χ0v) is 10.9. The van der Waals surface area contributed by atoms with Gasteiger partial charge < -0.3 is 9.47 Å². The van der Waals surface area contributed by atoms with Crippen LogP contribution in [0.2, 0.25) is 0 Å². The summed E-state index contributed by atoms with van der Waals surface area (Å²) >= 11 is 3.75. The van der Waals surface area contributed by atoms with E-state index in [1.54, 1.807) is 0 Å². The number of nitrogens with zero attached hydrogens (tertiary/aromatic N) is 3. The minimum absolute atomic E-state index is 0.591. The van der Waals surface area contributed by atoms with Crippen LogP contribution < -0.4 is 4.90 Å². The van der Waals surface area contributed by atoms with Crippen molar-refractivity contribution in [2.45, 2.75) is 31.6 Å². The van der Waals surface area contributed by atoms with Crippen LogP contribution in [0.3, 0.4) is 0 Å². The summed E-state index contributed by atoms with van der Waals surface area (Å²) in [6.07, 6.45) is 5.18. The van der Waals surface area contributed by atoms with E-state index in [4.69, 9.17) is 0 Å². The molecule has 2 unspecified atom stereocenters. The molecule has 84 valence electrons. The Morgan fingerprint density at radius 1 is 1.60 bits per heavy atom. The molecule has 0 bridgehead atoms. The highest BCUT2D eigenvalue weighted by molar-refractivity contribution is 9.09. The molecule has 1 aliphatic heterocycles. The van der Waals surface area contributed by atoms with Crippen LogP contribution in [0.1, 0.15) is 20.3 Å². The molecule has 1 aliphatic rings. The lowest BCUT2D eigenvalue weighted by Crippen LogP contribution is -2.41. The van der Waals surface area contributed by atoms with Gasteiger partial charge in [-0.05, 0) is 19.3 Å². The van der Waals surface area contributed by atoms with Gasteiger partial charge in [0.1, 0.15) is 0 Å². The van der Waals surface area contributed by atoms with Crippen LogP contribution in [-0.4, -0.2) is 27.5 Å². The number of halogens is 1. The normalized spacial score (nSPS) is 27.0. The average Bonchev–Trinajstić information content (AvgIpc) is 2.70. The number of aryl methyl sites for hydroxylation is 1. The van der Waals surface area contributed by atoms with Crippen molar-refractivity contribution in [2.24, 2.45) is 5.92 Å². The molecule has 0 saturated carbocycles. The van der Waals surface area contributed by atoms with E-state index in [-0.39, 0.29) is 0 Å². The fourth-order valence-electron chi connectivity index (χ4n) is 2.04. The summed E-state index contributed by atoms with van der Waals surface area (Å²) in [5.74, 6) is 1.89. The molecule has 2 rings (SSSR count). The van der Waals surface area contributed by atoms with E-state index in [0.29, 0.717) is 4.83 Å². The number of piperidine rings is 1. The lowest BCUT2D eigenvalue weighted by Gasteiger charge is -2.35. The molecule has 1 saturated heterocycles. The van der Waals surface area contributed by atoms with E-state index < -0.39 is 0 Å². The first-order valence-electron chi connectivity index (χ1n) is 5.62. The molecule has 2 atom stereocenters. The first-order chi connectivity index (χ1) is 7.22. The fraction of sp³-hybridized carbons (Fsp3) is 0.727. The lowest BCUT2D eigenvalue weighted by atomic mass is 9.99. The Kier molecular flexibility index (Phi) is 3.34. The van der Waals surface area contributed by atoms with Crippen LogP contribution >= 0.6 is 15.9 Å². The second-order valence-electron chi connectivity index (χ2n) is 4.24. The Bertz CT molecular complexity index is 323. The Balaban J connectivity index is 2.11. The average molecular weight is 272 g/mol. The number of imidazole rings is 1. The molecule has 1 aromatic heterocycles. The maximum absolute atomic E-state index is 4.44. The number of aromatic nitrogens is 2. The molecule has 0 N–H and O–H groups in total. The summed E-state index contributed by atoms with van der Waals surface area (Å²) in [5, 5.41) is 0. The maximum Gasteiger partial charge on any atom is 0.205 e. The topological polar surface area (TPSA) is 21.1 Å². The van der Waals surface area contributed by atoms with Crippen LogP contribution in [0.4, 0.5) is 5.95 Å². The van der Waals surface area contributed by atoms with Crippen LogP contribution in [0.15, 0.2) is 12.4 Å². The highest BCUT2D eigenvalue weighted by Gasteiger charge is 2.25. The van der Waals surface area contributed by atoms with E-state index in [0.717, 1.165) is 31.5 Å². The largest absolute Gasteiger partial charge is 0.341 e. The van der Waals surface area contributed by atoms with Gasteiger partial charge in [-0.2, -0.15) is 0 Å². The highest BCUT2D eigenvalue weighted by atomic mass is 79.9. The van der Waals surface area contributed by atoms with Gasteiger partial charge in [0, 0.05) is 36.9 Å². The van der Waals surface area contributed by atoms with Crippen LogP contribution in [0.25, 0.3) is 0 Å². The van der Waals surface area contributed by atoms with Crippen molar-refractivity contribution < 1.29 is 0 Å². The molecule has 15 heavy (non-hydrogen) atoms. The van der Waals surface area contributed by atoms with E-state index >= 15 is 0 Å². The van der Waals surface area contributed by atoms with Gasteiger partial charge in [-0.15, -0.1) is 0 Å². The first kappa shape index (κ1) is 11.0. The van der Waals surface area contributed by atoms with Gasteiger partial charge in [-0.25, -0.2) is 4.98 Å². The molecule has 2 heterocycles. The van der Waals surface area contributed by atoms with E-state index in [1.165, 1.54) is 6.42 Å². The van der Waals surface area contributed by atoms with Gasteiger partial charge in [0.05, 0.1) is 0 Å². The fourth-order valence-corrected chi connectivity index (χ4v) is 2.65. The highest BCUT2D eigenvalue weighted by Crippen LogP contribution is 2.26. The molecule has 0 amide bonds. The Morgan fingerprint density at radius 3 is 3.07 bits per heavy atom. The molecule has 0 radical (unpaired) electrons. The summed E-state index contributed by atoms with van der Waals surface area (Å²) in [4.78, 5) is 7.41. The quantitative estimate of drug-likeness (QED) is 0.771.